The number of halogens is 2. The fourth-order valence-electron chi connectivity index (χ4n) is 1.66. The number of nitrogens with zero attached hydrogens (tertiary/aromatic N) is 2. The highest BCUT2D eigenvalue weighted by Gasteiger charge is 2.10. The number of benzene rings is 1. The number of rotatable bonds is 4. The van der Waals surface area contributed by atoms with Gasteiger partial charge in [-0.15, -0.1) is 0 Å². The van der Waals surface area contributed by atoms with E-state index in [1.165, 1.54) is 0 Å². The number of ether oxygens (including phenoxy) is 1. The zero-order valence-corrected chi connectivity index (χ0v) is 13.5. The Hall–Kier alpha value is -0.980. The van der Waals surface area contributed by atoms with Crippen LogP contribution in [0.15, 0.2) is 33.2 Å². The van der Waals surface area contributed by atoms with E-state index in [0.717, 1.165) is 15.7 Å². The standard InChI is InChI=1S/C13H13Br2N3O/c1-19-7-10-12(15)13(16)18-11(17-10)6-8-2-4-9(14)5-3-8/h2-5H,6-7H2,1H3,(H2,16,17,18). The molecule has 0 fully saturated rings. The van der Waals surface area contributed by atoms with Gasteiger partial charge < -0.3 is 10.5 Å². The number of anilines is 1. The third-order valence-corrected chi connectivity index (χ3v) is 3.94. The van der Waals surface area contributed by atoms with Gasteiger partial charge in [0.1, 0.15) is 11.6 Å². The highest BCUT2D eigenvalue weighted by atomic mass is 79.9. The Morgan fingerprint density at radius 1 is 1.16 bits per heavy atom. The van der Waals surface area contributed by atoms with E-state index in [1.807, 2.05) is 24.3 Å². The zero-order chi connectivity index (χ0) is 13.8. The normalized spacial score (nSPS) is 10.7. The van der Waals surface area contributed by atoms with Gasteiger partial charge in [0, 0.05) is 18.0 Å². The van der Waals surface area contributed by atoms with Gasteiger partial charge in [-0.05, 0) is 33.6 Å². The molecule has 6 heteroatoms. The molecule has 1 aromatic heterocycles. The molecule has 1 aromatic carbocycles. The summed E-state index contributed by atoms with van der Waals surface area (Å²) >= 11 is 6.78. The first-order valence-electron chi connectivity index (χ1n) is 5.64. The third kappa shape index (κ3) is 3.75. The van der Waals surface area contributed by atoms with Crippen LogP contribution in [0.25, 0.3) is 0 Å². The number of methoxy groups -OCH3 is 1. The Labute approximate surface area is 128 Å². The van der Waals surface area contributed by atoms with Gasteiger partial charge in [-0.1, -0.05) is 28.1 Å². The van der Waals surface area contributed by atoms with E-state index in [4.69, 9.17) is 10.5 Å². The topological polar surface area (TPSA) is 61.0 Å². The molecule has 0 aliphatic carbocycles. The number of aromatic nitrogens is 2. The molecule has 2 N–H and O–H groups in total. The highest BCUT2D eigenvalue weighted by molar-refractivity contribution is 9.10. The number of nitrogen functional groups attached to an aromatic ring is 1. The van der Waals surface area contributed by atoms with Crippen molar-refractivity contribution in [2.45, 2.75) is 13.0 Å². The summed E-state index contributed by atoms with van der Waals surface area (Å²) in [5, 5.41) is 0. The maximum absolute atomic E-state index is 5.87. The van der Waals surface area contributed by atoms with E-state index in [1.54, 1.807) is 7.11 Å². The van der Waals surface area contributed by atoms with E-state index < -0.39 is 0 Å². The SMILES string of the molecule is COCc1nc(Cc2ccc(Br)cc2)nc(N)c1Br. The molecule has 0 spiro atoms. The number of nitrogens with two attached hydrogens (primary N) is 1. The number of hydrogen-bond acceptors (Lipinski definition) is 4. The first-order valence-corrected chi connectivity index (χ1v) is 7.23. The monoisotopic (exact) mass is 385 g/mol. The minimum Gasteiger partial charge on any atom is -0.383 e. The third-order valence-electron chi connectivity index (χ3n) is 2.55. The molecule has 100 valence electrons. The van der Waals surface area contributed by atoms with E-state index in [0.29, 0.717) is 29.1 Å². The van der Waals surface area contributed by atoms with Crippen LogP contribution < -0.4 is 5.73 Å². The lowest BCUT2D eigenvalue weighted by atomic mass is 10.1. The van der Waals surface area contributed by atoms with Gasteiger partial charge in [0.05, 0.1) is 16.8 Å². The molecule has 0 atom stereocenters. The van der Waals surface area contributed by atoms with Crippen LogP contribution in [0.3, 0.4) is 0 Å². The van der Waals surface area contributed by atoms with E-state index in [9.17, 15) is 0 Å². The van der Waals surface area contributed by atoms with Gasteiger partial charge in [-0.2, -0.15) is 0 Å². The molecule has 0 saturated heterocycles. The number of hydrogen-bond donors (Lipinski definition) is 1. The molecule has 4 nitrogen and oxygen atoms in total. The van der Waals surface area contributed by atoms with Gasteiger partial charge in [-0.3, -0.25) is 0 Å². The first kappa shape index (κ1) is 14.4. The molecule has 0 aliphatic heterocycles. The Kier molecular flexibility index (Phi) is 4.90. The van der Waals surface area contributed by atoms with Crippen molar-refractivity contribution in [1.29, 1.82) is 0 Å². The van der Waals surface area contributed by atoms with Crippen LogP contribution in [-0.4, -0.2) is 17.1 Å². The molecule has 19 heavy (non-hydrogen) atoms. The predicted octanol–water partition coefficient (Wildman–Crippen LogP) is 3.32. The van der Waals surface area contributed by atoms with Crippen molar-refractivity contribution >= 4 is 37.7 Å². The van der Waals surface area contributed by atoms with Crippen molar-refractivity contribution < 1.29 is 4.74 Å². The van der Waals surface area contributed by atoms with Gasteiger partial charge in [0.2, 0.25) is 0 Å². The molecule has 0 amide bonds. The van der Waals surface area contributed by atoms with E-state index >= 15 is 0 Å². The molecule has 0 radical (unpaired) electrons. The van der Waals surface area contributed by atoms with Crippen LogP contribution in [0.5, 0.6) is 0 Å². The van der Waals surface area contributed by atoms with Crippen molar-refractivity contribution in [3.63, 3.8) is 0 Å². The predicted molar refractivity (Wildman–Crippen MR) is 81.8 cm³/mol. The lowest BCUT2D eigenvalue weighted by Crippen LogP contribution is -2.06. The quantitative estimate of drug-likeness (QED) is 0.875. The van der Waals surface area contributed by atoms with Crippen LogP contribution >= 0.6 is 31.9 Å². The molecular weight excluding hydrogens is 374 g/mol. The van der Waals surface area contributed by atoms with Crippen LogP contribution in [0.4, 0.5) is 5.82 Å². The highest BCUT2D eigenvalue weighted by Crippen LogP contribution is 2.22. The smallest absolute Gasteiger partial charge is 0.141 e. The molecule has 0 bridgehead atoms. The summed E-state index contributed by atoms with van der Waals surface area (Å²) in [5.41, 5.74) is 7.77. The summed E-state index contributed by atoms with van der Waals surface area (Å²) in [4.78, 5) is 8.75. The van der Waals surface area contributed by atoms with Gasteiger partial charge in [0.25, 0.3) is 0 Å². The first-order chi connectivity index (χ1) is 9.10. The molecule has 2 aromatic rings. The lowest BCUT2D eigenvalue weighted by Gasteiger charge is -2.08. The molecule has 0 unspecified atom stereocenters. The molecule has 1 heterocycles. The van der Waals surface area contributed by atoms with E-state index in [-0.39, 0.29) is 0 Å². The summed E-state index contributed by atoms with van der Waals surface area (Å²) in [6.07, 6.45) is 0.640. The Balaban J connectivity index is 2.27. The second-order valence-electron chi connectivity index (χ2n) is 4.02. The Morgan fingerprint density at radius 2 is 1.84 bits per heavy atom. The van der Waals surface area contributed by atoms with E-state index in [2.05, 4.69) is 41.8 Å². The zero-order valence-electron chi connectivity index (χ0n) is 10.4. The van der Waals surface area contributed by atoms with Crippen molar-refractivity contribution in [1.82, 2.24) is 9.97 Å². The molecular formula is C13H13Br2N3O. The fourth-order valence-corrected chi connectivity index (χ4v) is 2.22. The van der Waals surface area contributed by atoms with Gasteiger partial charge >= 0.3 is 0 Å². The largest absolute Gasteiger partial charge is 0.383 e. The van der Waals surface area contributed by atoms with Crippen molar-refractivity contribution in [2.24, 2.45) is 0 Å². The second-order valence-corrected chi connectivity index (χ2v) is 5.73. The minimum absolute atomic E-state index is 0.403. The molecule has 0 saturated carbocycles. The van der Waals surface area contributed by atoms with Crippen molar-refractivity contribution in [2.75, 3.05) is 12.8 Å². The van der Waals surface area contributed by atoms with Crippen molar-refractivity contribution in [3.05, 3.63) is 50.3 Å². The Morgan fingerprint density at radius 3 is 2.47 bits per heavy atom. The van der Waals surface area contributed by atoms with Gasteiger partial charge in [0.15, 0.2) is 0 Å². The Bertz CT molecular complexity index is 573. The van der Waals surface area contributed by atoms with Gasteiger partial charge in [-0.25, -0.2) is 9.97 Å². The lowest BCUT2D eigenvalue weighted by molar-refractivity contribution is 0.180. The summed E-state index contributed by atoms with van der Waals surface area (Å²) in [6, 6.07) is 8.05. The summed E-state index contributed by atoms with van der Waals surface area (Å²) in [6.45, 7) is 0.403. The van der Waals surface area contributed by atoms with Crippen LogP contribution in [0.1, 0.15) is 17.1 Å². The average Bonchev–Trinajstić information content (AvgIpc) is 2.38. The second kappa shape index (κ2) is 6.45. The summed E-state index contributed by atoms with van der Waals surface area (Å²) < 4.78 is 6.85. The maximum atomic E-state index is 5.87. The summed E-state index contributed by atoms with van der Waals surface area (Å²) in [7, 11) is 1.62. The van der Waals surface area contributed by atoms with Crippen LogP contribution in [-0.2, 0) is 17.8 Å². The maximum Gasteiger partial charge on any atom is 0.141 e. The fraction of sp³-hybridized carbons (Fsp3) is 0.231. The summed E-state index contributed by atoms with van der Waals surface area (Å²) in [5.74, 6) is 1.13. The average molecular weight is 387 g/mol. The van der Waals surface area contributed by atoms with Crippen LogP contribution in [0.2, 0.25) is 0 Å². The van der Waals surface area contributed by atoms with Crippen molar-refractivity contribution in [3.8, 4) is 0 Å². The van der Waals surface area contributed by atoms with Crippen LogP contribution in [0, 0.1) is 0 Å². The minimum atomic E-state index is 0.403. The molecule has 0 aliphatic rings. The molecule has 2 rings (SSSR count).